The van der Waals surface area contributed by atoms with E-state index in [0.29, 0.717) is 12.3 Å². The van der Waals surface area contributed by atoms with E-state index >= 15 is 0 Å². The third kappa shape index (κ3) is 5.17. The molecule has 0 aromatic rings. The molecule has 1 heterocycles. The number of aliphatic hydroxyl groups excluding tert-OH is 1. The zero-order chi connectivity index (χ0) is 11.1. The van der Waals surface area contributed by atoms with Gasteiger partial charge in [0, 0.05) is 19.5 Å². The molecule has 0 radical (unpaired) electrons. The van der Waals surface area contributed by atoms with Gasteiger partial charge in [-0.1, -0.05) is 12.8 Å². The minimum Gasteiger partial charge on any atom is -0.393 e. The van der Waals surface area contributed by atoms with E-state index in [2.05, 4.69) is 0 Å². The molecular formula is C12H23NO2. The van der Waals surface area contributed by atoms with E-state index in [1.165, 1.54) is 12.8 Å². The van der Waals surface area contributed by atoms with E-state index in [1.54, 1.807) is 6.92 Å². The van der Waals surface area contributed by atoms with Gasteiger partial charge >= 0.3 is 0 Å². The Bertz CT molecular complexity index is 192. The molecule has 3 nitrogen and oxygen atoms in total. The molecule has 0 aromatic carbocycles. The Labute approximate surface area is 92.5 Å². The van der Waals surface area contributed by atoms with E-state index in [0.717, 1.165) is 38.8 Å². The van der Waals surface area contributed by atoms with Gasteiger partial charge in [0.05, 0.1) is 6.10 Å². The predicted molar refractivity (Wildman–Crippen MR) is 60.6 cm³/mol. The lowest BCUT2D eigenvalue weighted by atomic mass is 10.1. The van der Waals surface area contributed by atoms with Crippen molar-refractivity contribution in [2.75, 3.05) is 13.1 Å². The lowest BCUT2D eigenvalue weighted by Gasteiger charge is -2.25. The van der Waals surface area contributed by atoms with Gasteiger partial charge in [0.2, 0.25) is 5.91 Å². The van der Waals surface area contributed by atoms with Crippen molar-refractivity contribution in [3.05, 3.63) is 0 Å². The second kappa shape index (κ2) is 6.83. The normalized spacial score (nSPS) is 20.9. The van der Waals surface area contributed by atoms with Crippen LogP contribution in [0.5, 0.6) is 0 Å². The molecule has 0 bridgehead atoms. The van der Waals surface area contributed by atoms with E-state index < -0.39 is 0 Å². The molecule has 0 aliphatic carbocycles. The van der Waals surface area contributed by atoms with Crippen molar-refractivity contribution >= 4 is 5.91 Å². The molecule has 0 aromatic heterocycles. The number of aliphatic hydroxyl groups is 1. The van der Waals surface area contributed by atoms with Crippen LogP contribution >= 0.6 is 0 Å². The first-order valence-corrected chi connectivity index (χ1v) is 6.16. The Morgan fingerprint density at radius 2 is 2.07 bits per heavy atom. The number of nitrogens with zero attached hydrogens (tertiary/aromatic N) is 1. The van der Waals surface area contributed by atoms with Gasteiger partial charge in [-0.15, -0.1) is 0 Å². The summed E-state index contributed by atoms with van der Waals surface area (Å²) in [5, 5.41) is 9.14. The predicted octanol–water partition coefficient (Wildman–Crippen LogP) is 1.94. The Hall–Kier alpha value is -0.570. The zero-order valence-electron chi connectivity index (χ0n) is 9.74. The Morgan fingerprint density at radius 1 is 1.33 bits per heavy atom. The minimum absolute atomic E-state index is 0.241. The van der Waals surface area contributed by atoms with Crippen molar-refractivity contribution in [1.82, 2.24) is 4.90 Å². The molecule has 1 unspecified atom stereocenters. The highest BCUT2D eigenvalue weighted by molar-refractivity contribution is 5.76. The lowest BCUT2D eigenvalue weighted by Crippen LogP contribution is -2.34. The summed E-state index contributed by atoms with van der Waals surface area (Å²) in [6.07, 6.45) is 6.83. The van der Waals surface area contributed by atoms with Crippen molar-refractivity contribution in [3.63, 3.8) is 0 Å². The maximum Gasteiger partial charge on any atom is 0.222 e. The van der Waals surface area contributed by atoms with Crippen molar-refractivity contribution in [3.8, 4) is 0 Å². The van der Waals surface area contributed by atoms with Crippen LogP contribution in [0, 0.1) is 0 Å². The third-order valence-electron chi connectivity index (χ3n) is 2.97. The Morgan fingerprint density at radius 3 is 2.80 bits per heavy atom. The van der Waals surface area contributed by atoms with Gasteiger partial charge in [0.15, 0.2) is 0 Å². The van der Waals surface area contributed by atoms with Gasteiger partial charge in [-0.05, 0) is 32.6 Å². The quantitative estimate of drug-likeness (QED) is 0.775. The number of carbonyl (C=O) groups excluding carboxylic acids is 1. The molecule has 1 atom stereocenters. The van der Waals surface area contributed by atoms with Crippen molar-refractivity contribution in [2.45, 2.75) is 58.0 Å². The highest BCUT2D eigenvalue weighted by atomic mass is 16.3. The van der Waals surface area contributed by atoms with E-state index in [4.69, 9.17) is 5.11 Å². The second-order valence-corrected chi connectivity index (χ2v) is 4.54. The highest BCUT2D eigenvalue weighted by Gasteiger charge is 2.14. The molecule has 15 heavy (non-hydrogen) atoms. The van der Waals surface area contributed by atoms with Crippen LogP contribution in [-0.2, 0) is 4.79 Å². The van der Waals surface area contributed by atoms with Crippen LogP contribution in [0.3, 0.4) is 0 Å². The second-order valence-electron chi connectivity index (χ2n) is 4.54. The summed E-state index contributed by atoms with van der Waals surface area (Å²) in [7, 11) is 0. The number of hydrogen-bond donors (Lipinski definition) is 1. The highest BCUT2D eigenvalue weighted by Crippen LogP contribution is 2.12. The zero-order valence-corrected chi connectivity index (χ0v) is 9.74. The van der Waals surface area contributed by atoms with Gasteiger partial charge in [-0.2, -0.15) is 0 Å². The van der Waals surface area contributed by atoms with E-state index in [-0.39, 0.29) is 6.10 Å². The largest absolute Gasteiger partial charge is 0.393 e. The summed E-state index contributed by atoms with van der Waals surface area (Å²) in [5.74, 6) is 0.306. The third-order valence-corrected chi connectivity index (χ3v) is 2.97. The molecule has 3 heteroatoms. The summed E-state index contributed by atoms with van der Waals surface area (Å²) in [4.78, 5) is 13.7. The van der Waals surface area contributed by atoms with Crippen LogP contribution in [0.2, 0.25) is 0 Å². The molecule has 1 N–H and O–H groups in total. The average molecular weight is 213 g/mol. The van der Waals surface area contributed by atoms with Crippen LogP contribution in [0.1, 0.15) is 51.9 Å². The van der Waals surface area contributed by atoms with E-state index in [9.17, 15) is 4.79 Å². The van der Waals surface area contributed by atoms with Crippen molar-refractivity contribution in [2.24, 2.45) is 0 Å². The van der Waals surface area contributed by atoms with Crippen LogP contribution in [0.25, 0.3) is 0 Å². The first-order chi connectivity index (χ1) is 7.20. The SMILES string of the molecule is CC(O)CCCN1CCCCCCC1=O. The summed E-state index contributed by atoms with van der Waals surface area (Å²) in [5.41, 5.74) is 0. The van der Waals surface area contributed by atoms with Crippen LogP contribution in [0.15, 0.2) is 0 Å². The smallest absolute Gasteiger partial charge is 0.222 e. The van der Waals surface area contributed by atoms with Gasteiger partial charge in [-0.3, -0.25) is 4.79 Å². The van der Waals surface area contributed by atoms with Crippen LogP contribution in [0.4, 0.5) is 0 Å². The van der Waals surface area contributed by atoms with Gasteiger partial charge < -0.3 is 10.0 Å². The number of rotatable bonds is 4. The number of likely N-dealkylation sites (tertiary alicyclic amines) is 1. The monoisotopic (exact) mass is 213 g/mol. The van der Waals surface area contributed by atoms with Gasteiger partial charge in [0.1, 0.15) is 0 Å². The summed E-state index contributed by atoms with van der Waals surface area (Å²) < 4.78 is 0. The molecule has 1 amide bonds. The number of carbonyl (C=O) groups is 1. The molecule has 1 aliphatic heterocycles. The van der Waals surface area contributed by atoms with Gasteiger partial charge in [0.25, 0.3) is 0 Å². The molecule has 88 valence electrons. The van der Waals surface area contributed by atoms with Crippen LogP contribution in [-0.4, -0.2) is 35.1 Å². The number of amides is 1. The molecule has 0 saturated carbocycles. The topological polar surface area (TPSA) is 40.5 Å². The molecule has 1 fully saturated rings. The summed E-state index contributed by atoms with van der Waals surface area (Å²) >= 11 is 0. The molecule has 1 saturated heterocycles. The average Bonchev–Trinajstić information content (AvgIpc) is 2.16. The Kier molecular flexibility index (Phi) is 5.69. The minimum atomic E-state index is -0.241. The molecule has 0 spiro atoms. The molecule has 1 aliphatic rings. The molecular weight excluding hydrogens is 190 g/mol. The molecule has 1 rings (SSSR count). The lowest BCUT2D eigenvalue weighted by molar-refractivity contribution is -0.132. The van der Waals surface area contributed by atoms with E-state index in [1.807, 2.05) is 4.90 Å². The first-order valence-electron chi connectivity index (χ1n) is 6.16. The maximum absolute atomic E-state index is 11.7. The fourth-order valence-corrected chi connectivity index (χ4v) is 2.03. The van der Waals surface area contributed by atoms with Crippen LogP contribution < -0.4 is 0 Å². The van der Waals surface area contributed by atoms with Crippen molar-refractivity contribution in [1.29, 1.82) is 0 Å². The Balaban J connectivity index is 2.26. The fraction of sp³-hybridized carbons (Fsp3) is 0.917. The maximum atomic E-state index is 11.7. The summed E-state index contributed by atoms with van der Waals surface area (Å²) in [6, 6.07) is 0. The van der Waals surface area contributed by atoms with Crippen molar-refractivity contribution < 1.29 is 9.90 Å². The standard InChI is InChI=1S/C12H23NO2/c1-11(14)7-6-10-13-9-5-3-2-4-8-12(13)15/h11,14H,2-10H2,1H3. The van der Waals surface area contributed by atoms with Gasteiger partial charge in [-0.25, -0.2) is 0 Å². The fourth-order valence-electron chi connectivity index (χ4n) is 2.03. The summed E-state index contributed by atoms with van der Waals surface area (Å²) in [6.45, 7) is 3.54. The first kappa shape index (κ1) is 12.5. The number of hydrogen-bond acceptors (Lipinski definition) is 2.